The number of nitrogens with two attached hydrogens (primary N) is 1. The van der Waals surface area contributed by atoms with E-state index in [1.54, 1.807) is 23.1 Å². The van der Waals surface area contributed by atoms with E-state index in [2.05, 4.69) is 20.4 Å². The molecular weight excluding hydrogens is 256 g/mol. The molecule has 0 aromatic carbocycles. The van der Waals surface area contributed by atoms with Gasteiger partial charge in [0.25, 0.3) is 0 Å². The molecule has 1 fully saturated rings. The van der Waals surface area contributed by atoms with Gasteiger partial charge in [0.1, 0.15) is 5.82 Å². The summed E-state index contributed by atoms with van der Waals surface area (Å²) in [5.41, 5.74) is 5.74. The normalized spacial score (nSPS) is 22.6. The van der Waals surface area contributed by atoms with E-state index in [9.17, 15) is 5.11 Å². The maximum atomic E-state index is 10.00. The standard InChI is InChI=1S/C13H18N6O/c14-13-17-11(16-9-4-1-2-5-10(9)20)8-12(18-13)19-7-3-6-15-19/h3,6-10,20H,1-2,4-5H2,(H3,14,16,17,18)/t9-,10-/m0/s1. The molecule has 3 rings (SSSR count). The largest absolute Gasteiger partial charge is 0.391 e. The number of hydrogen-bond donors (Lipinski definition) is 3. The second-order valence-electron chi connectivity index (χ2n) is 5.02. The monoisotopic (exact) mass is 274 g/mol. The first kappa shape index (κ1) is 12.9. The van der Waals surface area contributed by atoms with Gasteiger partial charge in [-0.1, -0.05) is 12.8 Å². The van der Waals surface area contributed by atoms with Gasteiger partial charge < -0.3 is 16.2 Å². The van der Waals surface area contributed by atoms with Crippen molar-refractivity contribution >= 4 is 11.8 Å². The van der Waals surface area contributed by atoms with Crippen LogP contribution in [-0.2, 0) is 0 Å². The molecule has 0 bridgehead atoms. The second kappa shape index (κ2) is 5.46. The maximum absolute atomic E-state index is 10.00. The molecule has 0 spiro atoms. The Labute approximate surface area is 116 Å². The van der Waals surface area contributed by atoms with E-state index in [1.807, 2.05) is 6.07 Å². The van der Waals surface area contributed by atoms with Gasteiger partial charge in [0.15, 0.2) is 5.82 Å². The van der Waals surface area contributed by atoms with E-state index in [4.69, 9.17) is 5.73 Å². The van der Waals surface area contributed by atoms with Crippen LogP contribution in [0.3, 0.4) is 0 Å². The molecule has 1 aliphatic carbocycles. The van der Waals surface area contributed by atoms with Gasteiger partial charge in [-0.3, -0.25) is 0 Å². The van der Waals surface area contributed by atoms with E-state index >= 15 is 0 Å². The van der Waals surface area contributed by atoms with Crippen LogP contribution in [0.4, 0.5) is 11.8 Å². The Morgan fingerprint density at radius 2 is 2.15 bits per heavy atom. The number of aromatic nitrogens is 4. The molecule has 2 atom stereocenters. The van der Waals surface area contributed by atoms with Crippen LogP contribution in [0, 0.1) is 0 Å². The minimum absolute atomic E-state index is 0.0171. The van der Waals surface area contributed by atoms with E-state index in [0.717, 1.165) is 25.7 Å². The third-order valence-electron chi connectivity index (χ3n) is 3.53. The Morgan fingerprint density at radius 3 is 2.90 bits per heavy atom. The van der Waals surface area contributed by atoms with Gasteiger partial charge in [-0.2, -0.15) is 15.1 Å². The highest BCUT2D eigenvalue weighted by molar-refractivity contribution is 5.46. The molecule has 2 aromatic rings. The highest BCUT2D eigenvalue weighted by atomic mass is 16.3. The van der Waals surface area contributed by atoms with Crippen molar-refractivity contribution in [2.75, 3.05) is 11.1 Å². The van der Waals surface area contributed by atoms with Gasteiger partial charge in [-0.15, -0.1) is 0 Å². The molecule has 1 saturated carbocycles. The van der Waals surface area contributed by atoms with Crippen molar-refractivity contribution in [1.82, 2.24) is 19.7 Å². The smallest absolute Gasteiger partial charge is 0.224 e. The first-order valence-electron chi connectivity index (χ1n) is 6.81. The summed E-state index contributed by atoms with van der Waals surface area (Å²) < 4.78 is 1.63. The van der Waals surface area contributed by atoms with Crippen LogP contribution in [0.5, 0.6) is 0 Å². The van der Waals surface area contributed by atoms with Crippen LogP contribution in [-0.4, -0.2) is 37.0 Å². The van der Waals surface area contributed by atoms with Crippen LogP contribution < -0.4 is 11.1 Å². The SMILES string of the molecule is Nc1nc(N[C@H]2CCCC[C@@H]2O)cc(-n2cccn2)n1. The zero-order valence-electron chi connectivity index (χ0n) is 11.1. The molecule has 0 radical (unpaired) electrons. The highest BCUT2D eigenvalue weighted by Gasteiger charge is 2.23. The molecule has 20 heavy (non-hydrogen) atoms. The summed E-state index contributed by atoms with van der Waals surface area (Å²) >= 11 is 0. The van der Waals surface area contributed by atoms with E-state index in [-0.39, 0.29) is 18.1 Å². The molecule has 0 aliphatic heterocycles. The lowest BCUT2D eigenvalue weighted by atomic mass is 9.93. The number of aliphatic hydroxyl groups is 1. The van der Waals surface area contributed by atoms with Crippen molar-refractivity contribution in [1.29, 1.82) is 0 Å². The van der Waals surface area contributed by atoms with E-state index in [1.165, 1.54) is 0 Å². The Balaban J connectivity index is 1.82. The van der Waals surface area contributed by atoms with Gasteiger partial charge in [-0.05, 0) is 18.9 Å². The van der Waals surface area contributed by atoms with E-state index in [0.29, 0.717) is 11.6 Å². The first-order valence-corrected chi connectivity index (χ1v) is 6.81. The molecule has 4 N–H and O–H groups in total. The minimum Gasteiger partial charge on any atom is -0.391 e. The van der Waals surface area contributed by atoms with Gasteiger partial charge in [0, 0.05) is 18.5 Å². The molecule has 7 nitrogen and oxygen atoms in total. The van der Waals surface area contributed by atoms with Gasteiger partial charge in [0.05, 0.1) is 12.1 Å². The predicted molar refractivity (Wildman–Crippen MR) is 75.5 cm³/mol. The molecule has 1 aliphatic rings. The molecular formula is C13H18N6O. The third-order valence-corrected chi connectivity index (χ3v) is 3.53. The van der Waals surface area contributed by atoms with Crippen molar-refractivity contribution in [2.45, 2.75) is 37.8 Å². The molecule has 2 aromatic heterocycles. The van der Waals surface area contributed by atoms with Crippen molar-refractivity contribution in [3.8, 4) is 5.82 Å². The van der Waals surface area contributed by atoms with Crippen molar-refractivity contribution in [3.05, 3.63) is 24.5 Å². The highest BCUT2D eigenvalue weighted by Crippen LogP contribution is 2.22. The first-order chi connectivity index (χ1) is 9.72. The number of aliphatic hydroxyl groups excluding tert-OH is 1. The number of rotatable bonds is 3. The summed E-state index contributed by atoms with van der Waals surface area (Å²) in [4.78, 5) is 8.33. The van der Waals surface area contributed by atoms with Crippen molar-refractivity contribution < 1.29 is 5.11 Å². The van der Waals surface area contributed by atoms with Crippen LogP contribution >= 0.6 is 0 Å². The molecule has 0 saturated heterocycles. The number of nitrogens with one attached hydrogen (secondary N) is 1. The lowest BCUT2D eigenvalue weighted by molar-refractivity contribution is 0.116. The van der Waals surface area contributed by atoms with Crippen molar-refractivity contribution in [3.63, 3.8) is 0 Å². The second-order valence-corrected chi connectivity index (χ2v) is 5.02. The summed E-state index contributed by atoms with van der Waals surface area (Å²) in [5, 5.41) is 17.4. The quantitative estimate of drug-likeness (QED) is 0.770. The van der Waals surface area contributed by atoms with Crippen molar-refractivity contribution in [2.24, 2.45) is 0 Å². The summed E-state index contributed by atoms with van der Waals surface area (Å²) in [6.45, 7) is 0. The Hall–Kier alpha value is -2.15. The topological polar surface area (TPSA) is 102 Å². The van der Waals surface area contributed by atoms with Crippen LogP contribution in [0.2, 0.25) is 0 Å². The van der Waals surface area contributed by atoms with Gasteiger partial charge >= 0.3 is 0 Å². The maximum Gasteiger partial charge on any atom is 0.224 e. The number of nitrogen functional groups attached to an aromatic ring is 1. The third kappa shape index (κ3) is 2.72. The Kier molecular flexibility index (Phi) is 3.51. The molecule has 7 heteroatoms. The molecule has 106 valence electrons. The lowest BCUT2D eigenvalue weighted by Crippen LogP contribution is -2.36. The molecule has 0 amide bonds. The summed E-state index contributed by atoms with van der Waals surface area (Å²) in [6, 6.07) is 3.62. The Bertz CT molecular complexity index is 570. The van der Waals surface area contributed by atoms with Gasteiger partial charge in [0.2, 0.25) is 5.95 Å². The minimum atomic E-state index is -0.340. The van der Waals surface area contributed by atoms with Crippen LogP contribution in [0.15, 0.2) is 24.5 Å². The fourth-order valence-corrected chi connectivity index (χ4v) is 2.52. The van der Waals surface area contributed by atoms with Gasteiger partial charge in [-0.25, -0.2) is 4.68 Å². The summed E-state index contributed by atoms with van der Waals surface area (Å²) in [6.07, 6.45) is 7.07. The number of nitrogens with zero attached hydrogens (tertiary/aromatic N) is 4. The van der Waals surface area contributed by atoms with Crippen LogP contribution in [0.1, 0.15) is 25.7 Å². The lowest BCUT2D eigenvalue weighted by Gasteiger charge is -2.28. The molecule has 0 unspecified atom stereocenters. The Morgan fingerprint density at radius 1 is 1.30 bits per heavy atom. The zero-order valence-corrected chi connectivity index (χ0v) is 11.1. The fraction of sp³-hybridized carbons (Fsp3) is 0.462. The summed E-state index contributed by atoms with van der Waals surface area (Å²) in [7, 11) is 0. The predicted octanol–water partition coefficient (Wildman–Crippen LogP) is 0.960. The number of anilines is 2. The van der Waals surface area contributed by atoms with E-state index < -0.39 is 0 Å². The zero-order chi connectivity index (χ0) is 13.9. The fourth-order valence-electron chi connectivity index (χ4n) is 2.52. The average molecular weight is 274 g/mol. The van der Waals surface area contributed by atoms with Crippen LogP contribution in [0.25, 0.3) is 5.82 Å². The summed E-state index contributed by atoms with van der Waals surface area (Å²) in [5.74, 6) is 1.41. The number of hydrogen-bond acceptors (Lipinski definition) is 6. The molecule has 2 heterocycles. The average Bonchev–Trinajstić information content (AvgIpc) is 2.95.